The molecule has 0 radical (unpaired) electrons. The molecule has 62 valence electrons. The van der Waals surface area contributed by atoms with Gasteiger partial charge in [-0.25, -0.2) is 0 Å². The molecular formula is C8H9N3O. The van der Waals surface area contributed by atoms with Crippen LogP contribution in [0.25, 0.3) is 6.08 Å². The van der Waals surface area contributed by atoms with Crippen molar-refractivity contribution in [3.05, 3.63) is 24.4 Å². The van der Waals surface area contributed by atoms with Gasteiger partial charge in [-0.3, -0.25) is 4.79 Å². The molecule has 0 saturated heterocycles. The first kappa shape index (κ1) is 8.39. The van der Waals surface area contributed by atoms with E-state index in [1.54, 1.807) is 18.3 Å². The maximum Gasteiger partial charge on any atom is 0.222 e. The molecule has 0 aliphatic carbocycles. The lowest BCUT2D eigenvalue weighted by atomic mass is 10.3. The van der Waals surface area contributed by atoms with Crippen molar-refractivity contribution in [3.63, 3.8) is 0 Å². The quantitative estimate of drug-likeness (QED) is 0.709. The van der Waals surface area contributed by atoms with Crippen molar-refractivity contribution in [1.29, 1.82) is 0 Å². The summed E-state index contributed by atoms with van der Waals surface area (Å²) in [7, 11) is 0. The molecule has 1 rings (SSSR count). The van der Waals surface area contributed by atoms with E-state index in [4.69, 9.17) is 0 Å². The predicted octanol–water partition coefficient (Wildman–Crippen LogP) is 1.08. The Morgan fingerprint density at radius 1 is 1.75 bits per heavy atom. The minimum atomic E-state index is -0.162. The molecule has 0 aliphatic rings. The lowest BCUT2D eigenvalue weighted by Gasteiger charge is -1.99. The Balaban J connectivity index is 2.86. The Morgan fingerprint density at radius 3 is 3.08 bits per heavy atom. The van der Waals surface area contributed by atoms with Gasteiger partial charge in [-0.1, -0.05) is 12.7 Å². The van der Waals surface area contributed by atoms with Gasteiger partial charge in [-0.15, -0.1) is 5.10 Å². The number of hydrogen-bond donors (Lipinski definition) is 1. The molecule has 0 aliphatic heterocycles. The van der Waals surface area contributed by atoms with Crippen LogP contribution in [0.2, 0.25) is 0 Å². The van der Waals surface area contributed by atoms with Crippen LogP contribution in [0, 0.1) is 0 Å². The van der Waals surface area contributed by atoms with E-state index in [0.717, 1.165) is 5.56 Å². The molecule has 1 aromatic heterocycles. The van der Waals surface area contributed by atoms with Gasteiger partial charge in [0.25, 0.3) is 0 Å². The normalized spacial score (nSPS) is 9.08. The summed E-state index contributed by atoms with van der Waals surface area (Å²) in [5, 5.41) is 9.89. The first-order valence-electron chi connectivity index (χ1n) is 3.45. The van der Waals surface area contributed by atoms with E-state index >= 15 is 0 Å². The monoisotopic (exact) mass is 163 g/mol. The summed E-state index contributed by atoms with van der Waals surface area (Å²) in [6, 6.07) is 1.70. The van der Waals surface area contributed by atoms with Crippen LogP contribution in [0.4, 0.5) is 5.82 Å². The van der Waals surface area contributed by atoms with Gasteiger partial charge < -0.3 is 5.32 Å². The fraction of sp³-hybridized carbons (Fsp3) is 0.125. The Morgan fingerprint density at radius 2 is 2.50 bits per heavy atom. The lowest BCUT2D eigenvalue weighted by molar-refractivity contribution is -0.114. The van der Waals surface area contributed by atoms with Crippen LogP contribution in [0.5, 0.6) is 0 Å². The van der Waals surface area contributed by atoms with Crippen molar-refractivity contribution in [2.45, 2.75) is 6.92 Å². The number of aromatic nitrogens is 2. The van der Waals surface area contributed by atoms with Gasteiger partial charge in [-0.05, 0) is 11.6 Å². The topological polar surface area (TPSA) is 54.9 Å². The van der Waals surface area contributed by atoms with Gasteiger partial charge in [0.15, 0.2) is 5.82 Å². The minimum absolute atomic E-state index is 0.162. The molecule has 0 atom stereocenters. The molecule has 1 aromatic rings. The molecule has 0 saturated carbocycles. The summed E-state index contributed by atoms with van der Waals surface area (Å²) in [5.74, 6) is 0.283. The molecule has 1 N–H and O–H groups in total. The van der Waals surface area contributed by atoms with Gasteiger partial charge in [0.1, 0.15) is 0 Å². The standard InChI is InChI=1S/C8H9N3O/c1-3-7-4-8(10-6(2)12)11-9-5-7/h3-5H,1H2,2H3,(H,10,11,12). The van der Waals surface area contributed by atoms with Gasteiger partial charge in [0.2, 0.25) is 5.91 Å². The van der Waals surface area contributed by atoms with Crippen LogP contribution in [-0.4, -0.2) is 16.1 Å². The Kier molecular flexibility index (Phi) is 2.53. The molecule has 4 heteroatoms. The largest absolute Gasteiger partial charge is 0.309 e. The molecule has 4 nitrogen and oxygen atoms in total. The average molecular weight is 163 g/mol. The second-order valence-corrected chi connectivity index (χ2v) is 2.26. The van der Waals surface area contributed by atoms with E-state index < -0.39 is 0 Å². The van der Waals surface area contributed by atoms with Crippen LogP contribution in [0.3, 0.4) is 0 Å². The summed E-state index contributed by atoms with van der Waals surface area (Å²) in [6.07, 6.45) is 3.21. The third-order valence-corrected chi connectivity index (χ3v) is 1.22. The molecule has 0 unspecified atom stereocenters. The fourth-order valence-electron chi connectivity index (χ4n) is 0.735. The number of anilines is 1. The van der Waals surface area contributed by atoms with Crippen LogP contribution >= 0.6 is 0 Å². The summed E-state index contributed by atoms with van der Waals surface area (Å²) in [4.78, 5) is 10.6. The summed E-state index contributed by atoms with van der Waals surface area (Å²) in [5.41, 5.74) is 0.828. The molecule has 0 fully saturated rings. The van der Waals surface area contributed by atoms with E-state index in [1.165, 1.54) is 6.92 Å². The second-order valence-electron chi connectivity index (χ2n) is 2.26. The highest BCUT2D eigenvalue weighted by molar-refractivity contribution is 5.87. The summed E-state index contributed by atoms with van der Waals surface area (Å²) < 4.78 is 0. The smallest absolute Gasteiger partial charge is 0.222 e. The fourth-order valence-corrected chi connectivity index (χ4v) is 0.735. The number of amides is 1. The summed E-state index contributed by atoms with van der Waals surface area (Å²) in [6.45, 7) is 4.99. The SMILES string of the molecule is C=Cc1cnnc(NC(C)=O)c1. The number of rotatable bonds is 2. The number of hydrogen-bond acceptors (Lipinski definition) is 3. The second kappa shape index (κ2) is 3.61. The third kappa shape index (κ3) is 2.16. The number of nitrogens with zero attached hydrogens (tertiary/aromatic N) is 2. The highest BCUT2D eigenvalue weighted by Crippen LogP contribution is 2.04. The zero-order valence-corrected chi connectivity index (χ0v) is 6.74. The van der Waals surface area contributed by atoms with Gasteiger partial charge in [0.05, 0.1) is 6.20 Å². The average Bonchev–Trinajstić information content (AvgIpc) is 2.03. The lowest BCUT2D eigenvalue weighted by Crippen LogP contribution is -2.07. The maximum absolute atomic E-state index is 10.6. The van der Waals surface area contributed by atoms with Crippen LogP contribution in [0.15, 0.2) is 18.8 Å². The van der Waals surface area contributed by atoms with E-state index in [1.807, 2.05) is 0 Å². The van der Waals surface area contributed by atoms with Crippen molar-refractivity contribution in [1.82, 2.24) is 10.2 Å². The van der Waals surface area contributed by atoms with E-state index in [-0.39, 0.29) is 5.91 Å². The highest BCUT2D eigenvalue weighted by atomic mass is 16.1. The van der Waals surface area contributed by atoms with Crippen LogP contribution in [-0.2, 0) is 4.79 Å². The number of nitrogens with one attached hydrogen (secondary N) is 1. The maximum atomic E-state index is 10.6. The molecule has 1 heterocycles. The van der Waals surface area contributed by atoms with Crippen molar-refractivity contribution in [2.75, 3.05) is 5.32 Å². The highest BCUT2D eigenvalue weighted by Gasteiger charge is 1.96. The Bertz CT molecular complexity index is 309. The number of carbonyl (C=O) groups excluding carboxylic acids is 1. The molecule has 0 aromatic carbocycles. The summed E-state index contributed by atoms with van der Waals surface area (Å²) >= 11 is 0. The first-order valence-corrected chi connectivity index (χ1v) is 3.45. The zero-order valence-electron chi connectivity index (χ0n) is 6.74. The first-order chi connectivity index (χ1) is 5.72. The van der Waals surface area contributed by atoms with Crippen molar-refractivity contribution >= 4 is 17.8 Å². The minimum Gasteiger partial charge on any atom is -0.309 e. The molecular weight excluding hydrogens is 154 g/mol. The predicted molar refractivity (Wildman–Crippen MR) is 46.4 cm³/mol. The van der Waals surface area contributed by atoms with Gasteiger partial charge in [-0.2, -0.15) is 5.10 Å². The van der Waals surface area contributed by atoms with Crippen molar-refractivity contribution in [2.24, 2.45) is 0 Å². The molecule has 1 amide bonds. The van der Waals surface area contributed by atoms with Crippen molar-refractivity contribution in [3.8, 4) is 0 Å². The van der Waals surface area contributed by atoms with E-state index in [2.05, 4.69) is 22.1 Å². The Hall–Kier alpha value is -1.71. The van der Waals surface area contributed by atoms with Gasteiger partial charge in [0, 0.05) is 6.92 Å². The molecule has 0 spiro atoms. The van der Waals surface area contributed by atoms with Crippen LogP contribution in [0.1, 0.15) is 12.5 Å². The molecule has 12 heavy (non-hydrogen) atoms. The zero-order chi connectivity index (χ0) is 8.97. The Labute approximate surface area is 70.3 Å². The molecule has 0 bridgehead atoms. The van der Waals surface area contributed by atoms with E-state index in [0.29, 0.717) is 5.82 Å². The van der Waals surface area contributed by atoms with Crippen LogP contribution < -0.4 is 5.32 Å². The van der Waals surface area contributed by atoms with Gasteiger partial charge >= 0.3 is 0 Å². The third-order valence-electron chi connectivity index (χ3n) is 1.22. The van der Waals surface area contributed by atoms with E-state index in [9.17, 15) is 4.79 Å². The number of carbonyl (C=O) groups is 1. The van der Waals surface area contributed by atoms with Crippen molar-refractivity contribution < 1.29 is 4.79 Å².